The summed E-state index contributed by atoms with van der Waals surface area (Å²) in [7, 11) is 0. The van der Waals surface area contributed by atoms with E-state index in [2.05, 4.69) is 11.8 Å². The van der Waals surface area contributed by atoms with Gasteiger partial charge in [-0.25, -0.2) is 0 Å². The van der Waals surface area contributed by atoms with Gasteiger partial charge in [-0.3, -0.25) is 4.79 Å². The average Bonchev–Trinajstić information content (AvgIpc) is 2.40. The second-order valence-electron chi connectivity index (χ2n) is 3.60. The highest BCUT2D eigenvalue weighted by molar-refractivity contribution is 5.72. The zero-order valence-electron chi connectivity index (χ0n) is 10.8. The van der Waals surface area contributed by atoms with Crippen LogP contribution in [0.3, 0.4) is 0 Å². The Morgan fingerprint density at radius 2 is 1.78 bits per heavy atom. The molecular formula is C15H18O3. The lowest BCUT2D eigenvalue weighted by Crippen LogP contribution is -2.08. The molecule has 0 saturated carbocycles. The molecule has 0 spiro atoms. The zero-order chi connectivity index (χ0) is 13.2. The predicted octanol–water partition coefficient (Wildman–Crippen LogP) is 2.50. The Balaban J connectivity index is 2.70. The third kappa shape index (κ3) is 4.70. The Bertz CT molecular complexity index is 406. The number of hydrogen-bond acceptors (Lipinski definition) is 3. The van der Waals surface area contributed by atoms with E-state index in [4.69, 9.17) is 9.47 Å². The van der Waals surface area contributed by atoms with Crippen molar-refractivity contribution in [2.24, 2.45) is 0 Å². The summed E-state index contributed by atoms with van der Waals surface area (Å²) < 4.78 is 11.0. The van der Waals surface area contributed by atoms with Crippen molar-refractivity contribution in [3.05, 3.63) is 35.4 Å². The molecule has 0 N–H and O–H groups in total. The summed E-state index contributed by atoms with van der Waals surface area (Å²) in [6.07, 6.45) is 0.872. The summed E-state index contributed by atoms with van der Waals surface area (Å²) in [5.74, 6) is 5.16. The van der Waals surface area contributed by atoms with Crippen LogP contribution in [-0.2, 0) is 20.7 Å². The molecule has 0 aliphatic rings. The molecule has 18 heavy (non-hydrogen) atoms. The molecule has 1 aromatic carbocycles. The first-order chi connectivity index (χ1) is 8.81. The van der Waals surface area contributed by atoms with Crippen LogP contribution in [-0.4, -0.2) is 19.5 Å². The lowest BCUT2D eigenvalue weighted by atomic mass is 10.1. The van der Waals surface area contributed by atoms with E-state index < -0.39 is 0 Å². The van der Waals surface area contributed by atoms with Crippen molar-refractivity contribution in [1.82, 2.24) is 0 Å². The van der Waals surface area contributed by atoms with Gasteiger partial charge in [-0.15, -0.1) is 0 Å². The Kier molecular flexibility index (Phi) is 6.78. The Morgan fingerprint density at radius 3 is 2.28 bits per heavy atom. The molecule has 0 amide bonds. The predicted molar refractivity (Wildman–Crippen MR) is 70.0 cm³/mol. The van der Waals surface area contributed by atoms with Gasteiger partial charge in [0, 0.05) is 25.2 Å². The minimum atomic E-state index is -0.310. The highest BCUT2D eigenvalue weighted by atomic mass is 16.7. The number of carbonyl (C=O) groups excluding carboxylic acids is 1. The molecule has 3 nitrogen and oxygen atoms in total. The van der Waals surface area contributed by atoms with Gasteiger partial charge >= 0.3 is 0 Å². The summed E-state index contributed by atoms with van der Waals surface area (Å²) in [4.78, 5) is 10.1. The normalized spacial score (nSPS) is 9.94. The van der Waals surface area contributed by atoms with E-state index in [-0.39, 0.29) is 6.29 Å². The van der Waals surface area contributed by atoms with Gasteiger partial charge in [-0.2, -0.15) is 0 Å². The molecule has 0 bridgehead atoms. The van der Waals surface area contributed by atoms with Crippen LogP contribution >= 0.6 is 0 Å². The van der Waals surface area contributed by atoms with Crippen molar-refractivity contribution in [1.29, 1.82) is 0 Å². The molecule has 0 aliphatic carbocycles. The van der Waals surface area contributed by atoms with Gasteiger partial charge in [-0.1, -0.05) is 30.2 Å². The monoisotopic (exact) mass is 246 g/mol. The molecular weight excluding hydrogens is 228 g/mol. The quantitative estimate of drug-likeness (QED) is 0.439. The first-order valence-corrected chi connectivity index (χ1v) is 6.05. The van der Waals surface area contributed by atoms with Gasteiger partial charge in [0.2, 0.25) is 0 Å². The number of hydrogen-bond donors (Lipinski definition) is 0. The number of aldehydes is 1. The summed E-state index contributed by atoms with van der Waals surface area (Å²) in [5, 5.41) is 0. The molecule has 0 atom stereocenters. The highest BCUT2D eigenvalue weighted by Gasteiger charge is 2.10. The van der Waals surface area contributed by atoms with Gasteiger partial charge in [0.1, 0.15) is 0 Å². The van der Waals surface area contributed by atoms with Crippen LogP contribution in [0.4, 0.5) is 0 Å². The molecule has 0 aliphatic heterocycles. The summed E-state index contributed by atoms with van der Waals surface area (Å²) >= 11 is 0. The van der Waals surface area contributed by atoms with E-state index >= 15 is 0 Å². The standard InChI is InChI=1S/C15H18O3/c1-3-17-15(18-4-2)14-10-8-13(9-11-14)7-5-6-12-16/h8-12,15H,3-4,7H2,1-2H3. The molecule has 1 aromatic rings. The third-order valence-electron chi connectivity index (χ3n) is 2.34. The smallest absolute Gasteiger partial charge is 0.192 e. The second-order valence-corrected chi connectivity index (χ2v) is 3.60. The molecule has 0 saturated heterocycles. The average molecular weight is 246 g/mol. The molecule has 3 heteroatoms. The Labute approximate surface area is 108 Å². The lowest BCUT2D eigenvalue weighted by molar-refractivity contribution is -0.140. The van der Waals surface area contributed by atoms with Gasteiger partial charge < -0.3 is 9.47 Å². The van der Waals surface area contributed by atoms with Gasteiger partial charge in [0.05, 0.1) is 0 Å². The number of carbonyl (C=O) groups is 1. The van der Waals surface area contributed by atoms with Gasteiger partial charge in [0.15, 0.2) is 12.6 Å². The van der Waals surface area contributed by atoms with E-state index in [1.165, 1.54) is 0 Å². The number of benzene rings is 1. The van der Waals surface area contributed by atoms with Crippen molar-refractivity contribution < 1.29 is 14.3 Å². The maximum absolute atomic E-state index is 10.1. The van der Waals surface area contributed by atoms with Crippen molar-refractivity contribution in [3.63, 3.8) is 0 Å². The van der Waals surface area contributed by atoms with E-state index in [1.54, 1.807) is 0 Å². The first kappa shape index (κ1) is 14.4. The van der Waals surface area contributed by atoms with E-state index in [9.17, 15) is 4.79 Å². The molecule has 0 heterocycles. The fourth-order valence-corrected chi connectivity index (χ4v) is 1.53. The van der Waals surface area contributed by atoms with Gasteiger partial charge in [-0.05, 0) is 25.3 Å². The van der Waals surface area contributed by atoms with Crippen LogP contribution in [0.2, 0.25) is 0 Å². The fourth-order valence-electron chi connectivity index (χ4n) is 1.53. The van der Waals surface area contributed by atoms with E-state index in [0.717, 1.165) is 11.1 Å². The summed E-state index contributed by atoms with van der Waals surface area (Å²) in [5.41, 5.74) is 2.06. The number of rotatable bonds is 6. The Hall–Kier alpha value is -1.63. The molecule has 0 unspecified atom stereocenters. The van der Waals surface area contributed by atoms with E-state index in [1.807, 2.05) is 38.1 Å². The zero-order valence-corrected chi connectivity index (χ0v) is 10.8. The van der Waals surface area contributed by atoms with Crippen LogP contribution < -0.4 is 0 Å². The molecule has 96 valence electrons. The van der Waals surface area contributed by atoms with Crippen LogP contribution in [0.1, 0.15) is 31.3 Å². The number of ether oxygens (including phenoxy) is 2. The minimum Gasteiger partial charge on any atom is -0.349 e. The van der Waals surface area contributed by atoms with Gasteiger partial charge in [0.25, 0.3) is 0 Å². The molecule has 1 rings (SSSR count). The molecule has 0 fully saturated rings. The first-order valence-electron chi connectivity index (χ1n) is 6.05. The SMILES string of the molecule is CCOC(OCC)c1ccc(CC#CC=O)cc1. The second kappa shape index (κ2) is 8.46. The maximum Gasteiger partial charge on any atom is 0.192 e. The topological polar surface area (TPSA) is 35.5 Å². The highest BCUT2D eigenvalue weighted by Crippen LogP contribution is 2.19. The van der Waals surface area contributed by atoms with Crippen molar-refractivity contribution >= 4 is 6.29 Å². The lowest BCUT2D eigenvalue weighted by Gasteiger charge is -2.17. The third-order valence-corrected chi connectivity index (χ3v) is 2.34. The molecule has 0 radical (unpaired) electrons. The summed E-state index contributed by atoms with van der Waals surface area (Å²) in [6, 6.07) is 7.88. The van der Waals surface area contributed by atoms with E-state index in [0.29, 0.717) is 25.9 Å². The van der Waals surface area contributed by atoms with Crippen LogP contribution in [0.5, 0.6) is 0 Å². The largest absolute Gasteiger partial charge is 0.349 e. The van der Waals surface area contributed by atoms with Crippen LogP contribution in [0.25, 0.3) is 0 Å². The van der Waals surface area contributed by atoms with Crippen molar-refractivity contribution in [3.8, 4) is 11.8 Å². The fraction of sp³-hybridized carbons (Fsp3) is 0.400. The maximum atomic E-state index is 10.1. The Morgan fingerprint density at radius 1 is 1.17 bits per heavy atom. The van der Waals surface area contributed by atoms with Crippen molar-refractivity contribution in [2.45, 2.75) is 26.6 Å². The van der Waals surface area contributed by atoms with Crippen molar-refractivity contribution in [2.75, 3.05) is 13.2 Å². The van der Waals surface area contributed by atoms with Crippen LogP contribution in [0.15, 0.2) is 24.3 Å². The van der Waals surface area contributed by atoms with Crippen LogP contribution in [0, 0.1) is 11.8 Å². The minimum absolute atomic E-state index is 0.310. The summed E-state index contributed by atoms with van der Waals surface area (Å²) in [6.45, 7) is 5.10. The molecule has 0 aromatic heterocycles.